The van der Waals surface area contributed by atoms with Crippen molar-refractivity contribution in [2.45, 2.75) is 29.9 Å². The van der Waals surface area contributed by atoms with Gasteiger partial charge in [-0.3, -0.25) is 4.79 Å². The van der Waals surface area contributed by atoms with Crippen molar-refractivity contribution < 1.29 is 15.0 Å². The maximum absolute atomic E-state index is 11.2. The van der Waals surface area contributed by atoms with Gasteiger partial charge in [-0.2, -0.15) is 0 Å². The molecular weight excluding hydrogens is 260 g/mol. The molecule has 4 heteroatoms. The van der Waals surface area contributed by atoms with Gasteiger partial charge in [-0.1, -0.05) is 37.6 Å². The monoisotopic (exact) mass is 276 g/mol. The smallest absolute Gasteiger partial charge is 0.316 e. The molecule has 0 saturated carbocycles. The highest BCUT2D eigenvalue weighted by Gasteiger charge is 2.19. The van der Waals surface area contributed by atoms with Crippen LogP contribution in [0.3, 0.4) is 0 Å². The number of hydrogen-bond acceptors (Lipinski definition) is 3. The first-order chi connectivity index (χ1) is 9.13. The normalized spacial score (nSPS) is 12.5. The molecule has 2 N–H and O–H groups in total. The van der Waals surface area contributed by atoms with E-state index in [4.69, 9.17) is 0 Å². The Labute approximate surface area is 116 Å². The number of fused-ring (bicyclic) bond motifs is 1. The van der Waals surface area contributed by atoms with Crippen LogP contribution in [0, 0.1) is 0 Å². The highest BCUT2D eigenvalue weighted by atomic mass is 32.2. The van der Waals surface area contributed by atoms with E-state index < -0.39 is 11.2 Å². The fraction of sp³-hybridized carbons (Fsp3) is 0.267. The molecule has 2 aromatic carbocycles. The zero-order chi connectivity index (χ0) is 13.8. The number of aromatic hydroxyl groups is 1. The number of carbonyl (C=O) groups is 1. The van der Waals surface area contributed by atoms with Crippen LogP contribution in [-0.2, 0) is 4.79 Å². The van der Waals surface area contributed by atoms with Crippen LogP contribution in [0.15, 0.2) is 41.3 Å². The van der Waals surface area contributed by atoms with Crippen LogP contribution in [0.2, 0.25) is 0 Å². The number of hydrogen-bond donors (Lipinski definition) is 2. The summed E-state index contributed by atoms with van der Waals surface area (Å²) >= 11 is 1.35. The maximum Gasteiger partial charge on any atom is 0.316 e. The molecule has 0 spiro atoms. The summed E-state index contributed by atoms with van der Waals surface area (Å²) < 4.78 is 0. The average molecular weight is 276 g/mol. The molecule has 0 amide bonds. The molecule has 2 aromatic rings. The standard InChI is InChI=1S/C15H16O3S/c1-2-5-14(15(17)18)19-13-9-8-12(16)10-6-3-4-7-11(10)13/h3-4,6-9,14,16H,2,5H2,1H3,(H,17,18). The minimum absolute atomic E-state index is 0.224. The van der Waals surface area contributed by atoms with E-state index in [1.165, 1.54) is 11.8 Å². The molecule has 19 heavy (non-hydrogen) atoms. The van der Waals surface area contributed by atoms with E-state index >= 15 is 0 Å². The Hall–Kier alpha value is -1.68. The summed E-state index contributed by atoms with van der Waals surface area (Å²) in [5.41, 5.74) is 0. The summed E-state index contributed by atoms with van der Waals surface area (Å²) in [4.78, 5) is 12.1. The predicted octanol–water partition coefficient (Wildman–Crippen LogP) is 3.89. The first-order valence-electron chi connectivity index (χ1n) is 6.23. The van der Waals surface area contributed by atoms with Gasteiger partial charge in [0.2, 0.25) is 0 Å². The van der Waals surface area contributed by atoms with Crippen molar-refractivity contribution in [1.82, 2.24) is 0 Å². The van der Waals surface area contributed by atoms with Gasteiger partial charge in [0.25, 0.3) is 0 Å². The van der Waals surface area contributed by atoms with Crippen molar-refractivity contribution in [3.8, 4) is 5.75 Å². The summed E-state index contributed by atoms with van der Waals surface area (Å²) in [5, 5.41) is 20.2. The zero-order valence-corrected chi connectivity index (χ0v) is 11.5. The number of carboxylic acid groups (broad SMARTS) is 1. The molecule has 1 atom stereocenters. The lowest BCUT2D eigenvalue weighted by Gasteiger charge is -2.13. The molecule has 0 bridgehead atoms. The summed E-state index contributed by atoms with van der Waals surface area (Å²) in [6.45, 7) is 1.98. The Morgan fingerprint density at radius 1 is 1.21 bits per heavy atom. The Kier molecular flexibility index (Phi) is 4.32. The Morgan fingerprint density at radius 3 is 2.53 bits per heavy atom. The van der Waals surface area contributed by atoms with E-state index in [1.807, 2.05) is 31.2 Å². The fourth-order valence-electron chi connectivity index (χ4n) is 2.01. The molecule has 1 unspecified atom stereocenters. The van der Waals surface area contributed by atoms with Crippen molar-refractivity contribution >= 4 is 28.5 Å². The fourth-order valence-corrected chi connectivity index (χ4v) is 3.22. The molecule has 3 nitrogen and oxygen atoms in total. The molecule has 0 aliphatic heterocycles. The lowest BCUT2D eigenvalue weighted by Crippen LogP contribution is -2.15. The van der Waals surface area contributed by atoms with E-state index in [1.54, 1.807) is 12.1 Å². The first-order valence-corrected chi connectivity index (χ1v) is 7.11. The van der Waals surface area contributed by atoms with Crippen LogP contribution in [0.4, 0.5) is 0 Å². The van der Waals surface area contributed by atoms with Gasteiger partial charge in [-0.15, -0.1) is 11.8 Å². The quantitative estimate of drug-likeness (QED) is 0.813. The van der Waals surface area contributed by atoms with E-state index in [0.717, 1.165) is 22.1 Å². The lowest BCUT2D eigenvalue weighted by atomic mass is 10.1. The van der Waals surface area contributed by atoms with Crippen molar-refractivity contribution in [3.05, 3.63) is 36.4 Å². The van der Waals surface area contributed by atoms with Crippen molar-refractivity contribution in [2.75, 3.05) is 0 Å². The second-order valence-corrected chi connectivity index (χ2v) is 5.61. The Balaban J connectivity index is 2.40. The van der Waals surface area contributed by atoms with Crippen LogP contribution in [0.25, 0.3) is 10.8 Å². The molecule has 0 aliphatic rings. The number of carboxylic acids is 1. The second kappa shape index (κ2) is 5.97. The van der Waals surface area contributed by atoms with Gasteiger partial charge in [0, 0.05) is 10.3 Å². The van der Waals surface area contributed by atoms with Crippen molar-refractivity contribution in [1.29, 1.82) is 0 Å². The average Bonchev–Trinajstić information content (AvgIpc) is 2.41. The third kappa shape index (κ3) is 3.01. The van der Waals surface area contributed by atoms with E-state index in [0.29, 0.717) is 6.42 Å². The van der Waals surface area contributed by atoms with Gasteiger partial charge in [0.15, 0.2) is 0 Å². The van der Waals surface area contributed by atoms with Gasteiger partial charge in [0.05, 0.1) is 0 Å². The first kappa shape index (κ1) is 13.7. The number of benzene rings is 2. The Morgan fingerprint density at radius 2 is 1.89 bits per heavy atom. The summed E-state index contributed by atoms with van der Waals surface area (Å²) in [7, 11) is 0. The second-order valence-electron chi connectivity index (χ2n) is 4.36. The highest BCUT2D eigenvalue weighted by Crippen LogP contribution is 2.36. The molecule has 0 heterocycles. The molecule has 0 aliphatic carbocycles. The molecule has 0 radical (unpaired) electrons. The third-order valence-corrected chi connectivity index (χ3v) is 4.29. The van der Waals surface area contributed by atoms with Crippen LogP contribution >= 0.6 is 11.8 Å². The molecule has 0 fully saturated rings. The van der Waals surface area contributed by atoms with E-state index in [-0.39, 0.29) is 5.75 Å². The SMILES string of the molecule is CCCC(Sc1ccc(O)c2ccccc12)C(=O)O. The van der Waals surface area contributed by atoms with Gasteiger partial charge >= 0.3 is 5.97 Å². The third-order valence-electron chi connectivity index (χ3n) is 2.96. The van der Waals surface area contributed by atoms with Gasteiger partial charge in [-0.25, -0.2) is 0 Å². The Bertz CT molecular complexity index is 595. The number of aliphatic carboxylic acids is 1. The molecule has 100 valence electrons. The number of phenols is 1. The topological polar surface area (TPSA) is 57.5 Å². The summed E-state index contributed by atoms with van der Waals surface area (Å²) in [6.07, 6.45) is 1.47. The van der Waals surface area contributed by atoms with E-state index in [9.17, 15) is 15.0 Å². The van der Waals surface area contributed by atoms with Crippen LogP contribution < -0.4 is 0 Å². The zero-order valence-electron chi connectivity index (χ0n) is 10.7. The number of thioether (sulfide) groups is 1. The van der Waals surface area contributed by atoms with Gasteiger partial charge < -0.3 is 10.2 Å². The van der Waals surface area contributed by atoms with Gasteiger partial charge in [0.1, 0.15) is 11.0 Å². The lowest BCUT2D eigenvalue weighted by molar-refractivity contribution is -0.136. The minimum Gasteiger partial charge on any atom is -0.507 e. The summed E-state index contributed by atoms with van der Waals surface area (Å²) in [5.74, 6) is -0.564. The van der Waals surface area contributed by atoms with Crippen molar-refractivity contribution in [3.63, 3.8) is 0 Å². The van der Waals surface area contributed by atoms with E-state index in [2.05, 4.69) is 0 Å². The van der Waals surface area contributed by atoms with Crippen LogP contribution in [0.5, 0.6) is 5.75 Å². The van der Waals surface area contributed by atoms with Crippen LogP contribution in [0.1, 0.15) is 19.8 Å². The number of rotatable bonds is 5. The minimum atomic E-state index is -0.788. The maximum atomic E-state index is 11.2. The summed E-state index contributed by atoms with van der Waals surface area (Å²) in [6, 6.07) is 10.9. The van der Waals surface area contributed by atoms with Crippen LogP contribution in [-0.4, -0.2) is 21.4 Å². The van der Waals surface area contributed by atoms with Gasteiger partial charge in [-0.05, 0) is 23.9 Å². The molecular formula is C15H16O3S. The molecule has 0 saturated heterocycles. The predicted molar refractivity (Wildman–Crippen MR) is 77.8 cm³/mol. The number of phenolic OH excluding ortho intramolecular Hbond substituents is 1. The largest absolute Gasteiger partial charge is 0.507 e. The highest BCUT2D eigenvalue weighted by molar-refractivity contribution is 8.00. The molecule has 2 rings (SSSR count). The molecule has 0 aromatic heterocycles. The van der Waals surface area contributed by atoms with Crippen molar-refractivity contribution in [2.24, 2.45) is 0 Å².